The molecular formula is C17H16N4O2S. The van der Waals surface area contributed by atoms with E-state index in [1.54, 1.807) is 6.20 Å². The van der Waals surface area contributed by atoms with Crippen molar-refractivity contribution in [2.45, 2.75) is 25.7 Å². The predicted molar refractivity (Wildman–Crippen MR) is 93.1 cm³/mol. The van der Waals surface area contributed by atoms with Crippen LogP contribution in [0.1, 0.15) is 34.3 Å². The van der Waals surface area contributed by atoms with Crippen molar-refractivity contribution >= 4 is 28.8 Å². The third-order valence-electron chi connectivity index (χ3n) is 4.22. The highest BCUT2D eigenvalue weighted by Gasteiger charge is 2.25. The summed E-state index contributed by atoms with van der Waals surface area (Å²) >= 11 is 1.38. The Balaban J connectivity index is 1.68. The summed E-state index contributed by atoms with van der Waals surface area (Å²) in [4.78, 5) is 17.0. The molecule has 0 bridgehead atoms. The Kier molecular flexibility index (Phi) is 3.78. The Bertz CT molecular complexity index is 886. The smallest absolute Gasteiger partial charge is 0.263 e. The molecule has 4 rings (SSSR count). The highest BCUT2D eigenvalue weighted by atomic mass is 32.1. The van der Waals surface area contributed by atoms with Crippen molar-refractivity contribution < 1.29 is 9.32 Å². The molecule has 0 saturated heterocycles. The largest absolute Gasteiger partial charge is 0.367 e. The predicted octanol–water partition coefficient (Wildman–Crippen LogP) is 3.51. The van der Waals surface area contributed by atoms with Crippen LogP contribution in [0, 0.1) is 0 Å². The monoisotopic (exact) mass is 340 g/mol. The first-order chi connectivity index (χ1) is 11.7. The molecule has 2 heterocycles. The third-order valence-corrected chi connectivity index (χ3v) is 5.00. The van der Waals surface area contributed by atoms with Crippen LogP contribution in [0.25, 0.3) is 10.7 Å². The zero-order valence-corrected chi connectivity index (χ0v) is 13.7. The van der Waals surface area contributed by atoms with Crippen molar-refractivity contribution in [3.8, 4) is 10.7 Å². The molecule has 1 amide bonds. The Morgan fingerprint density at radius 2 is 2.17 bits per heavy atom. The average Bonchev–Trinajstić information content (AvgIpc) is 3.24. The first kappa shape index (κ1) is 14.9. The van der Waals surface area contributed by atoms with Gasteiger partial charge in [0.05, 0.1) is 0 Å². The minimum atomic E-state index is -0.321. The first-order valence-corrected chi connectivity index (χ1v) is 8.69. The molecule has 7 heteroatoms. The number of nitrogens with two attached hydrogens (primary N) is 1. The summed E-state index contributed by atoms with van der Waals surface area (Å²) in [6, 6.07) is 6.02. The van der Waals surface area contributed by atoms with Gasteiger partial charge in [-0.05, 0) is 42.9 Å². The van der Waals surface area contributed by atoms with Gasteiger partial charge in [0.1, 0.15) is 10.6 Å². The molecule has 0 unspecified atom stereocenters. The van der Waals surface area contributed by atoms with Crippen molar-refractivity contribution in [1.82, 2.24) is 10.1 Å². The van der Waals surface area contributed by atoms with E-state index < -0.39 is 0 Å². The minimum absolute atomic E-state index is 0.00231. The number of fused-ring (bicyclic) bond motifs is 1. The van der Waals surface area contributed by atoms with Gasteiger partial charge in [0.15, 0.2) is 5.69 Å². The normalized spacial score (nSPS) is 13.5. The molecule has 1 aromatic carbocycles. The van der Waals surface area contributed by atoms with Gasteiger partial charge >= 0.3 is 0 Å². The quantitative estimate of drug-likeness (QED) is 0.761. The zero-order valence-electron chi connectivity index (χ0n) is 12.9. The van der Waals surface area contributed by atoms with Gasteiger partial charge in [0.25, 0.3) is 5.91 Å². The van der Waals surface area contributed by atoms with Gasteiger partial charge in [-0.2, -0.15) is 0 Å². The number of anilines is 2. The maximum atomic E-state index is 12.8. The van der Waals surface area contributed by atoms with Crippen LogP contribution in [0.2, 0.25) is 0 Å². The summed E-state index contributed by atoms with van der Waals surface area (Å²) in [5.74, 6) is -0.319. The Hall–Kier alpha value is -2.67. The van der Waals surface area contributed by atoms with E-state index in [2.05, 4.69) is 21.5 Å². The summed E-state index contributed by atoms with van der Waals surface area (Å²) in [5.41, 5.74) is 9.79. The number of carbonyl (C=O) groups excluding carboxylic acids is 1. The number of nitrogens with zero attached hydrogens (tertiary/aromatic N) is 2. The van der Waals surface area contributed by atoms with Crippen molar-refractivity contribution in [3.63, 3.8) is 0 Å². The zero-order chi connectivity index (χ0) is 16.5. The topological polar surface area (TPSA) is 94.0 Å². The van der Waals surface area contributed by atoms with Gasteiger partial charge in [-0.15, -0.1) is 11.3 Å². The summed E-state index contributed by atoms with van der Waals surface area (Å²) in [6.45, 7) is 0. The molecule has 3 N–H and O–H groups in total. The third kappa shape index (κ3) is 2.56. The number of rotatable bonds is 3. The standard InChI is InChI=1S/C17H16N4O2S/c18-15-13(14(21-23-15)17-19-8-9-24-17)16(22)20-12-7-3-5-10-4-1-2-6-11(10)12/h3,5,7-9H,1-2,4,6,18H2,(H,20,22). The van der Waals surface area contributed by atoms with Crippen LogP contribution in [0.4, 0.5) is 11.6 Å². The number of hydrogen-bond donors (Lipinski definition) is 2. The number of carbonyl (C=O) groups is 1. The molecule has 1 aliphatic rings. The van der Waals surface area contributed by atoms with E-state index >= 15 is 0 Å². The molecule has 0 radical (unpaired) electrons. The fourth-order valence-corrected chi connectivity index (χ4v) is 3.72. The minimum Gasteiger partial charge on any atom is -0.367 e. The van der Waals surface area contributed by atoms with E-state index in [4.69, 9.17) is 10.3 Å². The lowest BCUT2D eigenvalue weighted by atomic mass is 9.90. The summed E-state index contributed by atoms with van der Waals surface area (Å²) in [7, 11) is 0. The highest BCUT2D eigenvalue weighted by Crippen LogP contribution is 2.31. The number of nitrogen functional groups attached to an aromatic ring is 1. The number of amides is 1. The molecule has 0 atom stereocenters. The lowest BCUT2D eigenvalue weighted by Gasteiger charge is -2.19. The Morgan fingerprint density at radius 1 is 1.29 bits per heavy atom. The molecular weight excluding hydrogens is 324 g/mol. The van der Waals surface area contributed by atoms with Gasteiger partial charge in [0.2, 0.25) is 5.88 Å². The SMILES string of the molecule is Nc1onc(-c2nccs2)c1C(=O)Nc1cccc2c1CCCC2. The molecule has 3 aromatic rings. The average molecular weight is 340 g/mol. The van der Waals surface area contributed by atoms with Gasteiger partial charge in [-0.3, -0.25) is 4.79 Å². The summed E-state index contributed by atoms with van der Waals surface area (Å²) in [6.07, 6.45) is 6.01. The summed E-state index contributed by atoms with van der Waals surface area (Å²) < 4.78 is 5.02. The Labute approximate surface area is 142 Å². The van der Waals surface area contributed by atoms with Crippen molar-refractivity contribution in [3.05, 3.63) is 46.5 Å². The number of aryl methyl sites for hydroxylation is 1. The van der Waals surface area contributed by atoms with E-state index in [0.29, 0.717) is 10.7 Å². The summed E-state index contributed by atoms with van der Waals surface area (Å²) in [5, 5.41) is 9.29. The number of aromatic nitrogens is 2. The fourth-order valence-electron chi connectivity index (χ4n) is 3.09. The maximum absolute atomic E-state index is 12.8. The first-order valence-electron chi connectivity index (χ1n) is 7.81. The second kappa shape index (κ2) is 6.09. The van der Waals surface area contributed by atoms with Crippen molar-refractivity contribution in [2.75, 3.05) is 11.1 Å². The van der Waals surface area contributed by atoms with Crippen LogP contribution in [0.5, 0.6) is 0 Å². The molecule has 24 heavy (non-hydrogen) atoms. The van der Waals surface area contributed by atoms with Crippen LogP contribution in [0.15, 0.2) is 34.3 Å². The number of hydrogen-bond acceptors (Lipinski definition) is 6. The molecule has 0 spiro atoms. The number of benzene rings is 1. The van der Waals surface area contributed by atoms with E-state index in [9.17, 15) is 4.79 Å². The van der Waals surface area contributed by atoms with Gasteiger partial charge in [-0.1, -0.05) is 17.3 Å². The lowest BCUT2D eigenvalue weighted by molar-refractivity contribution is 0.102. The van der Waals surface area contributed by atoms with Crippen molar-refractivity contribution in [2.24, 2.45) is 0 Å². The van der Waals surface area contributed by atoms with E-state index in [-0.39, 0.29) is 17.4 Å². The molecule has 2 aromatic heterocycles. The lowest BCUT2D eigenvalue weighted by Crippen LogP contribution is -2.16. The van der Waals surface area contributed by atoms with Crippen LogP contribution in [0.3, 0.4) is 0 Å². The number of thiazole rings is 1. The molecule has 0 saturated carbocycles. The van der Waals surface area contributed by atoms with Crippen LogP contribution < -0.4 is 11.1 Å². The molecule has 1 aliphatic carbocycles. The van der Waals surface area contributed by atoms with Crippen LogP contribution in [-0.2, 0) is 12.8 Å². The fraction of sp³-hybridized carbons (Fsp3) is 0.235. The Morgan fingerprint density at radius 3 is 3.00 bits per heavy atom. The highest BCUT2D eigenvalue weighted by molar-refractivity contribution is 7.13. The van der Waals surface area contributed by atoms with Crippen LogP contribution in [-0.4, -0.2) is 16.0 Å². The van der Waals surface area contributed by atoms with Crippen molar-refractivity contribution in [1.29, 1.82) is 0 Å². The maximum Gasteiger partial charge on any atom is 0.263 e. The van der Waals surface area contributed by atoms with Gasteiger partial charge < -0.3 is 15.6 Å². The van der Waals surface area contributed by atoms with E-state index in [1.165, 1.54) is 28.9 Å². The van der Waals surface area contributed by atoms with E-state index in [0.717, 1.165) is 24.9 Å². The second-order valence-corrected chi connectivity index (χ2v) is 6.61. The molecule has 0 fully saturated rings. The van der Waals surface area contributed by atoms with E-state index in [1.807, 2.05) is 17.5 Å². The van der Waals surface area contributed by atoms with Gasteiger partial charge in [0, 0.05) is 17.3 Å². The molecule has 6 nitrogen and oxygen atoms in total. The second-order valence-electron chi connectivity index (χ2n) is 5.71. The van der Waals surface area contributed by atoms with Gasteiger partial charge in [-0.25, -0.2) is 4.98 Å². The molecule has 0 aliphatic heterocycles. The number of nitrogens with one attached hydrogen (secondary N) is 1. The van der Waals surface area contributed by atoms with Crippen LogP contribution >= 0.6 is 11.3 Å². The molecule has 122 valence electrons.